The predicted octanol–water partition coefficient (Wildman–Crippen LogP) is 0.538. The highest BCUT2D eigenvalue weighted by molar-refractivity contribution is 6.22. The van der Waals surface area contributed by atoms with Crippen LogP contribution in [0.5, 0.6) is 0 Å². The number of nitrogens with zero attached hydrogens (tertiary/aromatic N) is 3. The molecular formula is C17H18N4O7. The average Bonchev–Trinajstić information content (AvgIpc) is 2.92. The van der Waals surface area contributed by atoms with Gasteiger partial charge in [0.1, 0.15) is 6.54 Å². The van der Waals surface area contributed by atoms with Crippen molar-refractivity contribution >= 4 is 29.5 Å². The van der Waals surface area contributed by atoms with Gasteiger partial charge in [0.2, 0.25) is 5.91 Å². The Morgan fingerprint density at radius 1 is 1.21 bits per heavy atom. The van der Waals surface area contributed by atoms with Crippen molar-refractivity contribution in [2.75, 3.05) is 26.7 Å². The number of fused-ring (bicyclic) bond motifs is 1. The summed E-state index contributed by atoms with van der Waals surface area (Å²) in [5.41, 5.74) is -0.350. The van der Waals surface area contributed by atoms with Crippen LogP contribution in [0.4, 0.5) is 10.5 Å². The number of hydrogen-bond acceptors (Lipinski definition) is 7. The number of ether oxygens (including phenoxy) is 1. The van der Waals surface area contributed by atoms with Gasteiger partial charge in [0.15, 0.2) is 0 Å². The van der Waals surface area contributed by atoms with Crippen LogP contribution in [0.15, 0.2) is 18.2 Å². The summed E-state index contributed by atoms with van der Waals surface area (Å²) in [6.07, 6.45) is 0.620. The number of amides is 4. The van der Waals surface area contributed by atoms with E-state index < -0.39 is 35.3 Å². The molecule has 148 valence electrons. The Labute approximate surface area is 159 Å². The summed E-state index contributed by atoms with van der Waals surface area (Å²) < 4.78 is 4.65. The van der Waals surface area contributed by atoms with E-state index in [1.807, 2.05) is 0 Å². The van der Waals surface area contributed by atoms with E-state index >= 15 is 0 Å². The van der Waals surface area contributed by atoms with E-state index in [0.717, 1.165) is 17.0 Å². The van der Waals surface area contributed by atoms with Crippen LogP contribution in [0.3, 0.4) is 0 Å². The van der Waals surface area contributed by atoms with Crippen LogP contribution >= 0.6 is 0 Å². The molecule has 1 N–H and O–H groups in total. The van der Waals surface area contributed by atoms with E-state index in [2.05, 4.69) is 10.1 Å². The van der Waals surface area contributed by atoms with Crippen molar-refractivity contribution in [3.63, 3.8) is 0 Å². The lowest BCUT2D eigenvalue weighted by Gasteiger charge is -2.31. The molecule has 2 aliphatic heterocycles. The lowest BCUT2D eigenvalue weighted by atomic mass is 10.1. The fraction of sp³-hybridized carbons (Fsp3) is 0.412. The number of hydrogen-bond donors (Lipinski definition) is 1. The molecule has 0 atom stereocenters. The van der Waals surface area contributed by atoms with Gasteiger partial charge in [-0.25, -0.2) is 4.79 Å². The molecule has 2 heterocycles. The number of nitrogens with one attached hydrogen (secondary N) is 1. The summed E-state index contributed by atoms with van der Waals surface area (Å²) in [7, 11) is 1.30. The first-order chi connectivity index (χ1) is 13.3. The maximum Gasteiger partial charge on any atom is 0.409 e. The third-order valence-electron chi connectivity index (χ3n) is 4.76. The standard InChI is InChI=1S/C17H18N4O7/c1-28-17(25)19-6-4-10(5-7-19)18-14(22)9-20-15(23)12-3-2-11(21(26)27)8-13(12)16(20)24/h2-3,8,10H,4-7,9H2,1H3,(H,18,22). The Morgan fingerprint density at radius 2 is 1.86 bits per heavy atom. The molecule has 1 saturated heterocycles. The zero-order chi connectivity index (χ0) is 20.4. The highest BCUT2D eigenvalue weighted by Gasteiger charge is 2.38. The molecule has 0 unspecified atom stereocenters. The van der Waals surface area contributed by atoms with E-state index in [4.69, 9.17) is 0 Å². The second-order valence-electron chi connectivity index (χ2n) is 6.48. The minimum atomic E-state index is -0.737. The van der Waals surface area contributed by atoms with Gasteiger partial charge < -0.3 is 15.0 Å². The van der Waals surface area contributed by atoms with Crippen molar-refractivity contribution in [3.8, 4) is 0 Å². The van der Waals surface area contributed by atoms with E-state index in [0.29, 0.717) is 25.9 Å². The number of carbonyl (C=O) groups is 4. The van der Waals surface area contributed by atoms with E-state index in [-0.39, 0.29) is 22.9 Å². The summed E-state index contributed by atoms with van der Waals surface area (Å²) in [6, 6.07) is 3.21. The summed E-state index contributed by atoms with van der Waals surface area (Å²) >= 11 is 0. The monoisotopic (exact) mass is 390 g/mol. The van der Waals surface area contributed by atoms with Gasteiger partial charge in [-0.1, -0.05) is 0 Å². The van der Waals surface area contributed by atoms with E-state index in [1.165, 1.54) is 18.1 Å². The summed E-state index contributed by atoms with van der Waals surface area (Å²) in [5, 5.41) is 13.6. The van der Waals surface area contributed by atoms with Crippen molar-refractivity contribution in [1.29, 1.82) is 0 Å². The normalized spacial score (nSPS) is 16.8. The van der Waals surface area contributed by atoms with Crippen molar-refractivity contribution in [1.82, 2.24) is 15.1 Å². The number of non-ortho nitro benzene ring substituents is 1. The number of piperidine rings is 1. The Balaban J connectivity index is 1.59. The molecule has 0 spiro atoms. The smallest absolute Gasteiger partial charge is 0.409 e. The van der Waals surface area contributed by atoms with Crippen LogP contribution < -0.4 is 5.32 Å². The van der Waals surface area contributed by atoms with Crippen molar-refractivity contribution < 1.29 is 28.8 Å². The quantitative estimate of drug-likeness (QED) is 0.449. The highest BCUT2D eigenvalue weighted by atomic mass is 16.6. The molecule has 11 heteroatoms. The predicted molar refractivity (Wildman–Crippen MR) is 93.6 cm³/mol. The minimum absolute atomic E-state index is 0.0368. The van der Waals surface area contributed by atoms with Gasteiger partial charge in [0.05, 0.1) is 23.2 Å². The Bertz CT molecular complexity index is 861. The fourth-order valence-electron chi connectivity index (χ4n) is 3.29. The number of nitro benzene ring substituents is 1. The SMILES string of the molecule is COC(=O)N1CCC(NC(=O)CN2C(=O)c3ccc([N+](=O)[O-])cc3C2=O)CC1. The summed E-state index contributed by atoms with van der Waals surface area (Å²) in [4.78, 5) is 61.0. The van der Waals surface area contributed by atoms with Crippen LogP contribution in [0.25, 0.3) is 0 Å². The van der Waals surface area contributed by atoms with Gasteiger partial charge in [0.25, 0.3) is 17.5 Å². The first-order valence-corrected chi connectivity index (χ1v) is 8.58. The number of nitro groups is 1. The van der Waals surface area contributed by atoms with Crippen LogP contribution in [0.1, 0.15) is 33.6 Å². The van der Waals surface area contributed by atoms with Gasteiger partial charge in [-0.2, -0.15) is 0 Å². The first kappa shape index (κ1) is 19.3. The number of benzene rings is 1. The average molecular weight is 390 g/mol. The maximum absolute atomic E-state index is 12.4. The second-order valence-corrected chi connectivity index (χ2v) is 6.48. The number of likely N-dealkylation sites (tertiary alicyclic amines) is 1. The number of carbonyl (C=O) groups excluding carboxylic acids is 4. The van der Waals surface area contributed by atoms with Gasteiger partial charge in [0, 0.05) is 31.3 Å². The lowest BCUT2D eigenvalue weighted by Crippen LogP contribution is -2.49. The van der Waals surface area contributed by atoms with E-state index in [1.54, 1.807) is 0 Å². The number of rotatable bonds is 4. The molecular weight excluding hydrogens is 372 g/mol. The molecule has 11 nitrogen and oxygen atoms in total. The second kappa shape index (κ2) is 7.62. The van der Waals surface area contributed by atoms with Crippen molar-refractivity contribution in [2.24, 2.45) is 0 Å². The van der Waals surface area contributed by atoms with Crippen LogP contribution in [-0.4, -0.2) is 71.3 Å². The molecule has 4 amide bonds. The van der Waals surface area contributed by atoms with Crippen molar-refractivity contribution in [3.05, 3.63) is 39.4 Å². The summed E-state index contributed by atoms with van der Waals surface area (Å²) in [6.45, 7) is 0.375. The van der Waals surface area contributed by atoms with Gasteiger partial charge in [-0.15, -0.1) is 0 Å². The Kier molecular flexibility index (Phi) is 5.25. The molecule has 1 aromatic carbocycles. The molecule has 0 aliphatic carbocycles. The zero-order valence-corrected chi connectivity index (χ0v) is 15.0. The molecule has 1 aromatic rings. The van der Waals surface area contributed by atoms with Gasteiger partial charge in [-0.3, -0.25) is 29.4 Å². The molecule has 0 bridgehead atoms. The van der Waals surface area contributed by atoms with E-state index in [9.17, 15) is 29.3 Å². The molecule has 1 fully saturated rings. The molecule has 2 aliphatic rings. The Hall–Kier alpha value is -3.50. The molecule has 3 rings (SSSR count). The van der Waals surface area contributed by atoms with Crippen molar-refractivity contribution in [2.45, 2.75) is 18.9 Å². The van der Waals surface area contributed by atoms with Crippen LogP contribution in [0, 0.1) is 10.1 Å². The van der Waals surface area contributed by atoms with Gasteiger partial charge in [-0.05, 0) is 18.9 Å². The van der Waals surface area contributed by atoms with Crippen LogP contribution in [0.2, 0.25) is 0 Å². The fourth-order valence-corrected chi connectivity index (χ4v) is 3.29. The van der Waals surface area contributed by atoms with Gasteiger partial charge >= 0.3 is 6.09 Å². The molecule has 0 saturated carbocycles. The Morgan fingerprint density at radius 3 is 2.46 bits per heavy atom. The third-order valence-corrected chi connectivity index (χ3v) is 4.76. The van der Waals surface area contributed by atoms with Crippen LogP contribution in [-0.2, 0) is 9.53 Å². The zero-order valence-electron chi connectivity index (χ0n) is 15.0. The minimum Gasteiger partial charge on any atom is -0.453 e. The lowest BCUT2D eigenvalue weighted by molar-refractivity contribution is -0.384. The molecule has 28 heavy (non-hydrogen) atoms. The number of methoxy groups -OCH3 is 1. The topological polar surface area (TPSA) is 139 Å². The maximum atomic E-state index is 12.4. The molecule has 0 radical (unpaired) electrons. The highest BCUT2D eigenvalue weighted by Crippen LogP contribution is 2.26. The first-order valence-electron chi connectivity index (χ1n) is 8.58. The number of imide groups is 1. The third kappa shape index (κ3) is 3.63. The summed E-state index contributed by atoms with van der Waals surface area (Å²) in [5.74, 6) is -1.91. The molecule has 0 aromatic heterocycles. The largest absolute Gasteiger partial charge is 0.453 e.